The Bertz CT molecular complexity index is 546. The van der Waals surface area contributed by atoms with Gasteiger partial charge >= 0.3 is 0 Å². The Labute approximate surface area is 121 Å². The minimum atomic E-state index is 0.568. The van der Waals surface area contributed by atoms with Crippen LogP contribution >= 0.6 is 0 Å². The molecule has 0 saturated heterocycles. The molecule has 0 heterocycles. The molecule has 106 valence electrons. The molecule has 2 rings (SSSR count). The van der Waals surface area contributed by atoms with Crippen LogP contribution in [0.4, 0.5) is 0 Å². The Morgan fingerprint density at radius 2 is 1.70 bits per heavy atom. The summed E-state index contributed by atoms with van der Waals surface area (Å²) in [4.78, 5) is 0. The summed E-state index contributed by atoms with van der Waals surface area (Å²) >= 11 is 0. The molecule has 0 bridgehead atoms. The standard InChI is InChI=1S/C18H23NO/c1-3-4-5-15-6-9-17(10-7-15)20-18-11-8-16(13-19)14(2)12-18/h6-12H,3-5,13,19H2,1-2H3. The average molecular weight is 269 g/mol. The maximum atomic E-state index is 5.88. The van der Waals surface area contributed by atoms with Crippen molar-refractivity contribution in [3.05, 3.63) is 59.2 Å². The molecule has 0 radical (unpaired) electrons. The summed E-state index contributed by atoms with van der Waals surface area (Å²) in [5.74, 6) is 1.74. The monoisotopic (exact) mass is 269 g/mol. The smallest absolute Gasteiger partial charge is 0.127 e. The van der Waals surface area contributed by atoms with Crippen molar-refractivity contribution < 1.29 is 4.74 Å². The summed E-state index contributed by atoms with van der Waals surface area (Å²) in [6, 6.07) is 14.4. The van der Waals surface area contributed by atoms with Crippen LogP contribution in [0.25, 0.3) is 0 Å². The van der Waals surface area contributed by atoms with Crippen LogP contribution in [0.3, 0.4) is 0 Å². The zero-order chi connectivity index (χ0) is 14.4. The van der Waals surface area contributed by atoms with Gasteiger partial charge in [0.2, 0.25) is 0 Å². The van der Waals surface area contributed by atoms with E-state index in [1.54, 1.807) is 0 Å². The van der Waals surface area contributed by atoms with Gasteiger partial charge in [-0.2, -0.15) is 0 Å². The molecular weight excluding hydrogens is 246 g/mol. The molecule has 0 atom stereocenters. The van der Waals surface area contributed by atoms with Crippen molar-refractivity contribution in [1.82, 2.24) is 0 Å². The van der Waals surface area contributed by atoms with Crippen molar-refractivity contribution in [2.75, 3.05) is 0 Å². The number of ether oxygens (including phenoxy) is 1. The molecule has 2 N–H and O–H groups in total. The Morgan fingerprint density at radius 1 is 1.00 bits per heavy atom. The van der Waals surface area contributed by atoms with Crippen LogP contribution in [0, 0.1) is 6.92 Å². The van der Waals surface area contributed by atoms with Crippen molar-refractivity contribution in [2.24, 2.45) is 5.73 Å². The summed E-state index contributed by atoms with van der Waals surface area (Å²) < 4.78 is 5.88. The van der Waals surface area contributed by atoms with E-state index in [1.807, 2.05) is 30.3 Å². The van der Waals surface area contributed by atoms with Gasteiger partial charge in [0.15, 0.2) is 0 Å². The van der Waals surface area contributed by atoms with Crippen LogP contribution in [0.5, 0.6) is 11.5 Å². The summed E-state index contributed by atoms with van der Waals surface area (Å²) in [6.07, 6.45) is 3.60. The molecule has 0 unspecified atom stereocenters. The van der Waals surface area contributed by atoms with Gasteiger partial charge in [-0.15, -0.1) is 0 Å². The third-order valence-electron chi connectivity index (χ3n) is 3.51. The van der Waals surface area contributed by atoms with Gasteiger partial charge in [-0.1, -0.05) is 31.5 Å². The number of nitrogens with two attached hydrogens (primary N) is 1. The van der Waals surface area contributed by atoms with Crippen LogP contribution in [-0.2, 0) is 13.0 Å². The fourth-order valence-corrected chi connectivity index (χ4v) is 2.20. The van der Waals surface area contributed by atoms with Crippen molar-refractivity contribution in [2.45, 2.75) is 39.7 Å². The van der Waals surface area contributed by atoms with E-state index in [2.05, 4.69) is 26.0 Å². The summed E-state index contributed by atoms with van der Waals surface area (Å²) in [5, 5.41) is 0. The largest absolute Gasteiger partial charge is 0.457 e. The Hall–Kier alpha value is -1.80. The van der Waals surface area contributed by atoms with Crippen LogP contribution in [0.15, 0.2) is 42.5 Å². The lowest BCUT2D eigenvalue weighted by atomic mass is 10.1. The van der Waals surface area contributed by atoms with E-state index in [9.17, 15) is 0 Å². The van der Waals surface area contributed by atoms with Gasteiger partial charge in [-0.25, -0.2) is 0 Å². The van der Waals surface area contributed by atoms with E-state index < -0.39 is 0 Å². The quantitative estimate of drug-likeness (QED) is 0.832. The van der Waals surface area contributed by atoms with Gasteiger partial charge in [0.1, 0.15) is 11.5 Å². The lowest BCUT2D eigenvalue weighted by Crippen LogP contribution is -1.98. The van der Waals surface area contributed by atoms with Crippen LogP contribution in [-0.4, -0.2) is 0 Å². The molecule has 2 heteroatoms. The van der Waals surface area contributed by atoms with Gasteiger partial charge < -0.3 is 10.5 Å². The first kappa shape index (κ1) is 14.6. The lowest BCUT2D eigenvalue weighted by Gasteiger charge is -2.09. The molecule has 0 aliphatic heterocycles. The first-order valence-corrected chi connectivity index (χ1v) is 7.29. The van der Waals surface area contributed by atoms with E-state index in [4.69, 9.17) is 10.5 Å². The lowest BCUT2D eigenvalue weighted by molar-refractivity contribution is 0.481. The van der Waals surface area contributed by atoms with Gasteiger partial charge in [-0.3, -0.25) is 0 Å². The Balaban J connectivity index is 2.04. The second kappa shape index (κ2) is 7.11. The molecule has 2 aromatic carbocycles. The third kappa shape index (κ3) is 3.84. The normalized spacial score (nSPS) is 10.6. The number of hydrogen-bond acceptors (Lipinski definition) is 2. The highest BCUT2D eigenvalue weighted by molar-refractivity contribution is 5.38. The van der Waals surface area contributed by atoms with Crippen molar-refractivity contribution >= 4 is 0 Å². The van der Waals surface area contributed by atoms with E-state index in [-0.39, 0.29) is 0 Å². The molecule has 0 amide bonds. The summed E-state index contributed by atoms with van der Waals surface area (Å²) in [6.45, 7) is 4.84. The highest BCUT2D eigenvalue weighted by Gasteiger charge is 2.01. The number of unbranched alkanes of at least 4 members (excludes halogenated alkanes) is 1. The number of rotatable bonds is 6. The van der Waals surface area contributed by atoms with E-state index in [0.717, 1.165) is 23.5 Å². The van der Waals surface area contributed by atoms with E-state index >= 15 is 0 Å². The second-order valence-electron chi connectivity index (χ2n) is 5.14. The predicted molar refractivity (Wildman–Crippen MR) is 84.2 cm³/mol. The highest BCUT2D eigenvalue weighted by atomic mass is 16.5. The zero-order valence-corrected chi connectivity index (χ0v) is 12.4. The first-order valence-electron chi connectivity index (χ1n) is 7.29. The maximum Gasteiger partial charge on any atom is 0.127 e. The molecule has 0 fully saturated rings. The zero-order valence-electron chi connectivity index (χ0n) is 12.4. The fraction of sp³-hybridized carbons (Fsp3) is 0.333. The molecule has 0 aliphatic rings. The summed E-state index contributed by atoms with van der Waals surface area (Å²) in [7, 11) is 0. The molecular formula is C18H23NO. The Kier molecular flexibility index (Phi) is 5.19. The Morgan fingerprint density at radius 3 is 2.30 bits per heavy atom. The first-order chi connectivity index (χ1) is 9.72. The van der Waals surface area contributed by atoms with Gasteiger partial charge in [0, 0.05) is 6.54 Å². The molecule has 20 heavy (non-hydrogen) atoms. The van der Waals surface area contributed by atoms with Crippen LogP contribution in [0.1, 0.15) is 36.5 Å². The van der Waals surface area contributed by atoms with E-state index in [1.165, 1.54) is 24.0 Å². The van der Waals surface area contributed by atoms with Crippen LogP contribution in [0.2, 0.25) is 0 Å². The van der Waals surface area contributed by atoms with Gasteiger partial charge in [-0.05, 0) is 60.7 Å². The number of aryl methyl sites for hydroxylation is 2. The minimum absolute atomic E-state index is 0.568. The predicted octanol–water partition coefficient (Wildman–Crippen LogP) is 4.59. The molecule has 2 aromatic rings. The van der Waals surface area contributed by atoms with Gasteiger partial charge in [0.05, 0.1) is 0 Å². The van der Waals surface area contributed by atoms with E-state index in [0.29, 0.717) is 6.54 Å². The van der Waals surface area contributed by atoms with Crippen molar-refractivity contribution in [3.8, 4) is 11.5 Å². The third-order valence-corrected chi connectivity index (χ3v) is 3.51. The SMILES string of the molecule is CCCCc1ccc(Oc2ccc(CN)c(C)c2)cc1. The highest BCUT2D eigenvalue weighted by Crippen LogP contribution is 2.24. The van der Waals surface area contributed by atoms with Gasteiger partial charge in [0.25, 0.3) is 0 Å². The topological polar surface area (TPSA) is 35.2 Å². The number of hydrogen-bond donors (Lipinski definition) is 1. The molecule has 0 spiro atoms. The molecule has 0 aromatic heterocycles. The van der Waals surface area contributed by atoms with Crippen molar-refractivity contribution in [3.63, 3.8) is 0 Å². The maximum absolute atomic E-state index is 5.88. The van der Waals surface area contributed by atoms with Crippen molar-refractivity contribution in [1.29, 1.82) is 0 Å². The average Bonchev–Trinajstić information content (AvgIpc) is 2.47. The molecule has 2 nitrogen and oxygen atoms in total. The summed E-state index contributed by atoms with van der Waals surface area (Å²) in [5.41, 5.74) is 9.37. The van der Waals surface area contributed by atoms with Crippen LogP contribution < -0.4 is 10.5 Å². The molecule has 0 aliphatic carbocycles. The second-order valence-corrected chi connectivity index (χ2v) is 5.14. The molecule has 0 saturated carbocycles. The number of benzene rings is 2. The minimum Gasteiger partial charge on any atom is -0.457 e. The fourth-order valence-electron chi connectivity index (χ4n) is 2.20.